The Labute approximate surface area is 150 Å². The molecule has 140 valence electrons. The van der Waals surface area contributed by atoms with Crippen molar-refractivity contribution in [2.75, 3.05) is 45.8 Å². The molecular formula is C21H41N3. The molecule has 3 nitrogen and oxygen atoms in total. The number of piperidine rings is 1. The molecule has 0 unspecified atom stereocenters. The van der Waals surface area contributed by atoms with E-state index in [0.717, 1.165) is 17.9 Å². The average molecular weight is 336 g/mol. The highest BCUT2D eigenvalue weighted by molar-refractivity contribution is 5.03. The van der Waals surface area contributed by atoms with Crippen LogP contribution in [0, 0.1) is 11.8 Å². The number of nitrogens with zero attached hydrogens (tertiary/aromatic N) is 3. The van der Waals surface area contributed by atoms with E-state index in [4.69, 9.17) is 0 Å². The SMILES string of the molecule is CC(C)CN1CCN(CCC2CCN(C(C)C)CC2)CC12CCC2. The number of rotatable bonds is 6. The van der Waals surface area contributed by atoms with Gasteiger partial charge in [0.25, 0.3) is 0 Å². The van der Waals surface area contributed by atoms with Gasteiger partial charge in [-0.2, -0.15) is 0 Å². The first-order valence-corrected chi connectivity index (χ1v) is 10.7. The van der Waals surface area contributed by atoms with E-state index in [1.165, 1.54) is 84.3 Å². The predicted octanol–water partition coefficient (Wildman–Crippen LogP) is 3.69. The molecule has 3 rings (SSSR count). The summed E-state index contributed by atoms with van der Waals surface area (Å²) in [7, 11) is 0. The van der Waals surface area contributed by atoms with Crippen LogP contribution >= 0.6 is 0 Å². The topological polar surface area (TPSA) is 9.72 Å². The maximum absolute atomic E-state index is 2.85. The summed E-state index contributed by atoms with van der Waals surface area (Å²) in [6.07, 6.45) is 8.64. The third kappa shape index (κ3) is 4.34. The van der Waals surface area contributed by atoms with Crippen molar-refractivity contribution in [3.8, 4) is 0 Å². The molecule has 0 aromatic rings. The van der Waals surface area contributed by atoms with Crippen LogP contribution in [0.5, 0.6) is 0 Å². The lowest BCUT2D eigenvalue weighted by Crippen LogP contribution is -2.66. The number of hydrogen-bond acceptors (Lipinski definition) is 3. The maximum atomic E-state index is 2.85. The third-order valence-electron chi connectivity index (χ3n) is 6.98. The van der Waals surface area contributed by atoms with Crippen molar-refractivity contribution in [2.24, 2.45) is 11.8 Å². The Morgan fingerprint density at radius 2 is 1.67 bits per heavy atom. The van der Waals surface area contributed by atoms with Gasteiger partial charge in [-0.3, -0.25) is 4.90 Å². The molecule has 24 heavy (non-hydrogen) atoms. The van der Waals surface area contributed by atoms with Crippen LogP contribution in [0.1, 0.15) is 66.2 Å². The summed E-state index contributed by atoms with van der Waals surface area (Å²) in [5.74, 6) is 1.78. The lowest BCUT2D eigenvalue weighted by Gasteiger charge is -2.57. The number of piperazine rings is 1. The molecular weight excluding hydrogens is 294 g/mol. The minimum Gasteiger partial charge on any atom is -0.301 e. The van der Waals surface area contributed by atoms with E-state index in [9.17, 15) is 0 Å². The maximum Gasteiger partial charge on any atom is 0.0337 e. The van der Waals surface area contributed by atoms with Crippen LogP contribution in [0.3, 0.4) is 0 Å². The minimum atomic E-state index is 0.559. The summed E-state index contributed by atoms with van der Waals surface area (Å²) in [6, 6.07) is 0.735. The molecule has 1 spiro atoms. The van der Waals surface area contributed by atoms with Crippen molar-refractivity contribution in [1.29, 1.82) is 0 Å². The van der Waals surface area contributed by atoms with Crippen LogP contribution in [0.4, 0.5) is 0 Å². The van der Waals surface area contributed by atoms with Crippen molar-refractivity contribution in [3.05, 3.63) is 0 Å². The highest BCUT2D eigenvalue weighted by Crippen LogP contribution is 2.40. The van der Waals surface area contributed by atoms with Crippen molar-refractivity contribution in [2.45, 2.75) is 77.8 Å². The van der Waals surface area contributed by atoms with E-state index in [2.05, 4.69) is 42.4 Å². The fraction of sp³-hybridized carbons (Fsp3) is 1.00. The van der Waals surface area contributed by atoms with Gasteiger partial charge in [0.1, 0.15) is 0 Å². The molecule has 0 amide bonds. The van der Waals surface area contributed by atoms with E-state index >= 15 is 0 Å². The first kappa shape index (κ1) is 18.7. The Hall–Kier alpha value is -0.120. The summed E-state index contributed by atoms with van der Waals surface area (Å²) in [6.45, 7) is 18.7. The largest absolute Gasteiger partial charge is 0.301 e. The molecule has 2 saturated heterocycles. The average Bonchev–Trinajstić information content (AvgIpc) is 2.52. The molecule has 0 N–H and O–H groups in total. The van der Waals surface area contributed by atoms with Gasteiger partial charge in [-0.15, -0.1) is 0 Å². The molecule has 1 saturated carbocycles. The van der Waals surface area contributed by atoms with Gasteiger partial charge in [0.15, 0.2) is 0 Å². The van der Waals surface area contributed by atoms with E-state index in [-0.39, 0.29) is 0 Å². The lowest BCUT2D eigenvalue weighted by atomic mass is 9.73. The monoisotopic (exact) mass is 335 g/mol. The van der Waals surface area contributed by atoms with Crippen LogP contribution in [0.15, 0.2) is 0 Å². The molecule has 0 aromatic carbocycles. The van der Waals surface area contributed by atoms with Crippen LogP contribution < -0.4 is 0 Å². The van der Waals surface area contributed by atoms with Crippen LogP contribution in [0.25, 0.3) is 0 Å². The quantitative estimate of drug-likeness (QED) is 0.733. The summed E-state index contributed by atoms with van der Waals surface area (Å²) < 4.78 is 0. The Morgan fingerprint density at radius 3 is 2.21 bits per heavy atom. The summed E-state index contributed by atoms with van der Waals surface area (Å²) in [5.41, 5.74) is 0.559. The zero-order valence-corrected chi connectivity index (χ0v) is 16.8. The third-order valence-corrected chi connectivity index (χ3v) is 6.98. The van der Waals surface area contributed by atoms with E-state index in [0.29, 0.717) is 5.54 Å². The highest BCUT2D eigenvalue weighted by atomic mass is 15.3. The molecule has 0 radical (unpaired) electrons. The second-order valence-electron chi connectivity index (χ2n) is 9.56. The van der Waals surface area contributed by atoms with Crippen molar-refractivity contribution in [1.82, 2.24) is 14.7 Å². The Bertz CT molecular complexity index is 381. The molecule has 0 aromatic heterocycles. The normalized spacial score (nSPS) is 27.2. The Balaban J connectivity index is 1.43. The van der Waals surface area contributed by atoms with Gasteiger partial charge in [-0.05, 0) is 83.8 Å². The van der Waals surface area contributed by atoms with E-state index in [1.807, 2.05) is 0 Å². The number of likely N-dealkylation sites (tertiary alicyclic amines) is 1. The Morgan fingerprint density at radius 1 is 0.958 bits per heavy atom. The zero-order valence-electron chi connectivity index (χ0n) is 16.8. The fourth-order valence-electron chi connectivity index (χ4n) is 5.19. The Kier molecular flexibility index (Phi) is 6.26. The summed E-state index contributed by atoms with van der Waals surface area (Å²) in [4.78, 5) is 8.31. The number of hydrogen-bond donors (Lipinski definition) is 0. The van der Waals surface area contributed by atoms with Crippen LogP contribution in [-0.4, -0.2) is 72.1 Å². The second-order valence-corrected chi connectivity index (χ2v) is 9.56. The smallest absolute Gasteiger partial charge is 0.0337 e. The summed E-state index contributed by atoms with van der Waals surface area (Å²) >= 11 is 0. The van der Waals surface area contributed by atoms with Gasteiger partial charge < -0.3 is 9.80 Å². The fourth-order valence-corrected chi connectivity index (χ4v) is 5.19. The first-order valence-electron chi connectivity index (χ1n) is 10.7. The first-order chi connectivity index (χ1) is 11.5. The van der Waals surface area contributed by atoms with Gasteiger partial charge in [0, 0.05) is 37.8 Å². The summed E-state index contributed by atoms with van der Waals surface area (Å²) in [5, 5.41) is 0. The zero-order chi connectivity index (χ0) is 17.2. The van der Waals surface area contributed by atoms with Gasteiger partial charge in [0.2, 0.25) is 0 Å². The highest BCUT2D eigenvalue weighted by Gasteiger charge is 2.45. The predicted molar refractivity (Wildman–Crippen MR) is 103 cm³/mol. The molecule has 2 aliphatic heterocycles. The van der Waals surface area contributed by atoms with E-state index in [1.54, 1.807) is 0 Å². The van der Waals surface area contributed by atoms with Crippen molar-refractivity contribution in [3.63, 3.8) is 0 Å². The van der Waals surface area contributed by atoms with Crippen molar-refractivity contribution >= 4 is 0 Å². The van der Waals surface area contributed by atoms with Gasteiger partial charge >= 0.3 is 0 Å². The van der Waals surface area contributed by atoms with Crippen LogP contribution in [-0.2, 0) is 0 Å². The standard InChI is InChI=1S/C21H41N3/c1-18(2)16-24-15-14-22(17-21(24)9-5-10-21)11-6-20-7-12-23(13-8-20)19(3)4/h18-20H,5-17H2,1-4H3. The van der Waals surface area contributed by atoms with Crippen molar-refractivity contribution < 1.29 is 0 Å². The molecule has 3 aliphatic rings. The second kappa shape index (κ2) is 8.05. The van der Waals surface area contributed by atoms with Gasteiger partial charge in [0.05, 0.1) is 0 Å². The molecule has 3 heteroatoms. The van der Waals surface area contributed by atoms with Gasteiger partial charge in [-0.1, -0.05) is 13.8 Å². The van der Waals surface area contributed by atoms with Crippen LogP contribution in [0.2, 0.25) is 0 Å². The van der Waals surface area contributed by atoms with Gasteiger partial charge in [-0.25, -0.2) is 0 Å². The molecule has 2 heterocycles. The molecule has 0 bridgehead atoms. The lowest BCUT2D eigenvalue weighted by molar-refractivity contribution is -0.0597. The molecule has 0 atom stereocenters. The minimum absolute atomic E-state index is 0.559. The van der Waals surface area contributed by atoms with E-state index < -0.39 is 0 Å². The molecule has 1 aliphatic carbocycles. The molecule has 3 fully saturated rings.